The molecule has 0 unspecified atom stereocenters. The molecule has 8 heteroatoms. The molecule has 0 aromatic heterocycles. The number of nitro groups is 1. The first-order valence-electron chi connectivity index (χ1n) is 7.10. The van der Waals surface area contributed by atoms with Crippen LogP contribution in [-0.4, -0.2) is 37.2 Å². The summed E-state index contributed by atoms with van der Waals surface area (Å²) in [4.78, 5) is 35.1. The Morgan fingerprint density at radius 2 is 1.83 bits per heavy atom. The maximum absolute atomic E-state index is 12.4. The fourth-order valence-corrected chi connectivity index (χ4v) is 2.86. The molecule has 24 heavy (non-hydrogen) atoms. The van der Waals surface area contributed by atoms with E-state index in [1.807, 2.05) is 0 Å². The third-order valence-corrected chi connectivity index (χ3v) is 4.05. The molecule has 2 atom stereocenters. The molecule has 1 aliphatic rings. The average Bonchev–Trinajstić information content (AvgIpc) is 3.01. The van der Waals surface area contributed by atoms with Gasteiger partial charge in [-0.3, -0.25) is 19.7 Å². The number of hydrogen-bond donors (Lipinski definition) is 0. The first-order chi connectivity index (χ1) is 11.4. The second-order valence-electron chi connectivity index (χ2n) is 5.30. The zero-order valence-electron chi connectivity index (χ0n) is 13.3. The van der Waals surface area contributed by atoms with Crippen molar-refractivity contribution in [1.29, 1.82) is 0 Å². The number of hydrogen-bond acceptors (Lipinski definition) is 7. The van der Waals surface area contributed by atoms with E-state index in [0.29, 0.717) is 5.56 Å². The highest BCUT2D eigenvalue weighted by Crippen LogP contribution is 2.50. The highest BCUT2D eigenvalue weighted by molar-refractivity contribution is 6.01. The summed E-state index contributed by atoms with van der Waals surface area (Å²) >= 11 is 0. The molecule has 0 saturated carbocycles. The van der Waals surface area contributed by atoms with Crippen molar-refractivity contribution in [3.63, 3.8) is 0 Å². The number of nitrogens with zero attached hydrogens (tertiary/aromatic N) is 1. The standard InChI is InChI=1S/C16H17NO7/c1-4-12-9-16(14(18)22-2,15(19)23-3)13(24-12)10-5-7-11(8-6-10)17(20)21/h4-8,12-13H,1,9H2,2-3H3/t12-,13+/m0/s1. The molecule has 1 aromatic carbocycles. The van der Waals surface area contributed by atoms with Gasteiger partial charge in [-0.1, -0.05) is 6.08 Å². The summed E-state index contributed by atoms with van der Waals surface area (Å²) in [6, 6.07) is 5.43. The van der Waals surface area contributed by atoms with Crippen LogP contribution in [0.15, 0.2) is 36.9 Å². The van der Waals surface area contributed by atoms with Crippen LogP contribution in [0.1, 0.15) is 18.1 Å². The average molecular weight is 335 g/mol. The molecule has 0 bridgehead atoms. The summed E-state index contributed by atoms with van der Waals surface area (Å²) in [6.45, 7) is 3.63. The number of non-ortho nitro benzene ring substituents is 1. The van der Waals surface area contributed by atoms with Crippen molar-refractivity contribution in [3.05, 3.63) is 52.6 Å². The minimum atomic E-state index is -1.70. The Morgan fingerprint density at radius 3 is 2.25 bits per heavy atom. The maximum atomic E-state index is 12.4. The normalized spacial score (nSPS) is 21.8. The minimum absolute atomic E-state index is 0.0114. The van der Waals surface area contributed by atoms with Crippen LogP contribution in [0.4, 0.5) is 5.69 Å². The number of carbonyl (C=O) groups is 2. The molecule has 8 nitrogen and oxygen atoms in total. The van der Waals surface area contributed by atoms with Crippen LogP contribution in [0.2, 0.25) is 0 Å². The molecule has 1 aliphatic heterocycles. The first kappa shape index (κ1) is 17.6. The van der Waals surface area contributed by atoms with Crippen LogP contribution >= 0.6 is 0 Å². The quantitative estimate of drug-likeness (QED) is 0.266. The highest BCUT2D eigenvalue weighted by atomic mass is 16.6. The van der Waals surface area contributed by atoms with Gasteiger partial charge in [0, 0.05) is 18.6 Å². The van der Waals surface area contributed by atoms with Gasteiger partial charge in [0.2, 0.25) is 0 Å². The van der Waals surface area contributed by atoms with Gasteiger partial charge in [-0.2, -0.15) is 0 Å². The number of methoxy groups -OCH3 is 2. The molecular weight excluding hydrogens is 318 g/mol. The molecule has 0 aliphatic carbocycles. The van der Waals surface area contributed by atoms with E-state index in [1.54, 1.807) is 0 Å². The Balaban J connectivity index is 2.53. The van der Waals surface area contributed by atoms with Gasteiger partial charge in [0.05, 0.1) is 25.2 Å². The molecule has 0 N–H and O–H groups in total. The Kier molecular flexibility index (Phi) is 4.99. The Hall–Kier alpha value is -2.74. The molecule has 1 aromatic rings. The first-order valence-corrected chi connectivity index (χ1v) is 7.10. The van der Waals surface area contributed by atoms with E-state index in [1.165, 1.54) is 44.6 Å². The summed E-state index contributed by atoms with van der Waals surface area (Å²) < 4.78 is 15.4. The molecule has 1 heterocycles. The molecule has 1 saturated heterocycles. The molecule has 0 amide bonds. The molecule has 128 valence electrons. The van der Waals surface area contributed by atoms with Gasteiger partial charge in [-0.05, 0) is 17.7 Å². The van der Waals surface area contributed by atoms with E-state index in [0.717, 1.165) is 0 Å². The Morgan fingerprint density at radius 1 is 1.29 bits per heavy atom. The van der Waals surface area contributed by atoms with Gasteiger partial charge in [0.25, 0.3) is 5.69 Å². The van der Waals surface area contributed by atoms with Crippen LogP contribution in [0, 0.1) is 15.5 Å². The van der Waals surface area contributed by atoms with E-state index in [-0.39, 0.29) is 12.1 Å². The van der Waals surface area contributed by atoms with E-state index in [9.17, 15) is 19.7 Å². The monoisotopic (exact) mass is 335 g/mol. The lowest BCUT2D eigenvalue weighted by atomic mass is 9.77. The Labute approximate surface area is 138 Å². The van der Waals surface area contributed by atoms with Crippen molar-refractivity contribution >= 4 is 17.6 Å². The van der Waals surface area contributed by atoms with Crippen LogP contribution in [0.25, 0.3) is 0 Å². The number of nitro benzene ring substituents is 1. The Bertz CT molecular complexity index is 652. The summed E-state index contributed by atoms with van der Waals surface area (Å²) in [5.74, 6) is -1.58. The fraction of sp³-hybridized carbons (Fsp3) is 0.375. The number of benzene rings is 1. The summed E-state index contributed by atoms with van der Waals surface area (Å²) in [7, 11) is 2.34. The summed E-state index contributed by atoms with van der Waals surface area (Å²) in [5.41, 5.74) is -1.38. The highest BCUT2D eigenvalue weighted by Gasteiger charge is 2.61. The number of esters is 2. The van der Waals surface area contributed by atoms with Crippen molar-refractivity contribution < 1.29 is 28.7 Å². The van der Waals surface area contributed by atoms with Gasteiger partial charge in [0.1, 0.15) is 6.10 Å². The van der Waals surface area contributed by atoms with Crippen LogP contribution in [0.5, 0.6) is 0 Å². The molecule has 2 rings (SSSR count). The third kappa shape index (κ3) is 2.76. The van der Waals surface area contributed by atoms with Gasteiger partial charge < -0.3 is 14.2 Å². The van der Waals surface area contributed by atoms with Crippen LogP contribution in [-0.2, 0) is 23.8 Å². The number of ether oxygens (including phenoxy) is 3. The van der Waals surface area contributed by atoms with Crippen LogP contribution < -0.4 is 0 Å². The number of carbonyl (C=O) groups excluding carboxylic acids is 2. The molecule has 0 radical (unpaired) electrons. The lowest BCUT2D eigenvalue weighted by Crippen LogP contribution is -2.43. The van der Waals surface area contributed by atoms with Gasteiger partial charge in [-0.25, -0.2) is 0 Å². The smallest absolute Gasteiger partial charge is 0.326 e. The summed E-state index contributed by atoms with van der Waals surface area (Å²) in [5, 5.41) is 10.8. The predicted molar refractivity (Wildman–Crippen MR) is 82.0 cm³/mol. The zero-order valence-corrected chi connectivity index (χ0v) is 13.3. The van der Waals surface area contributed by atoms with E-state index >= 15 is 0 Å². The zero-order chi connectivity index (χ0) is 17.9. The second-order valence-corrected chi connectivity index (χ2v) is 5.30. The maximum Gasteiger partial charge on any atom is 0.326 e. The largest absolute Gasteiger partial charge is 0.468 e. The summed E-state index contributed by atoms with van der Waals surface area (Å²) in [6.07, 6.45) is -0.0756. The SMILES string of the molecule is C=C[C@H]1CC(C(=O)OC)(C(=O)OC)[C@@H](c2ccc([N+](=O)[O-])cc2)O1. The molecule has 1 fully saturated rings. The van der Waals surface area contributed by atoms with E-state index in [4.69, 9.17) is 14.2 Å². The van der Waals surface area contributed by atoms with Crippen molar-refractivity contribution in [1.82, 2.24) is 0 Å². The lowest BCUT2D eigenvalue weighted by Gasteiger charge is -2.28. The van der Waals surface area contributed by atoms with E-state index < -0.39 is 34.5 Å². The molecular formula is C16H17NO7. The van der Waals surface area contributed by atoms with Crippen molar-refractivity contribution in [3.8, 4) is 0 Å². The predicted octanol–water partition coefficient (Wildman–Crippen LogP) is 1.94. The van der Waals surface area contributed by atoms with Gasteiger partial charge in [-0.15, -0.1) is 6.58 Å². The van der Waals surface area contributed by atoms with E-state index in [2.05, 4.69) is 6.58 Å². The van der Waals surface area contributed by atoms with Crippen molar-refractivity contribution in [2.45, 2.75) is 18.6 Å². The fourth-order valence-electron chi connectivity index (χ4n) is 2.86. The van der Waals surface area contributed by atoms with Gasteiger partial charge >= 0.3 is 11.9 Å². The lowest BCUT2D eigenvalue weighted by molar-refractivity contribution is -0.384. The second kappa shape index (κ2) is 6.79. The van der Waals surface area contributed by atoms with Gasteiger partial charge in [0.15, 0.2) is 5.41 Å². The minimum Gasteiger partial charge on any atom is -0.468 e. The third-order valence-electron chi connectivity index (χ3n) is 4.05. The number of rotatable bonds is 5. The van der Waals surface area contributed by atoms with Crippen molar-refractivity contribution in [2.75, 3.05) is 14.2 Å². The molecule has 0 spiro atoms. The van der Waals surface area contributed by atoms with Crippen LogP contribution in [0.3, 0.4) is 0 Å². The van der Waals surface area contributed by atoms with Crippen molar-refractivity contribution in [2.24, 2.45) is 5.41 Å². The topological polar surface area (TPSA) is 105 Å².